The first kappa shape index (κ1) is 11.6. The Kier molecular flexibility index (Phi) is 3.14. The van der Waals surface area contributed by atoms with E-state index in [-0.39, 0.29) is 5.97 Å². The highest BCUT2D eigenvalue weighted by Crippen LogP contribution is 2.23. The summed E-state index contributed by atoms with van der Waals surface area (Å²) in [5.41, 5.74) is 3.44. The number of hydrogen-bond acceptors (Lipinski definition) is 2. The van der Waals surface area contributed by atoms with Gasteiger partial charge in [0.25, 0.3) is 0 Å². The van der Waals surface area contributed by atoms with Crippen molar-refractivity contribution in [2.24, 2.45) is 0 Å². The largest absolute Gasteiger partial charge is 0.469 e. The lowest BCUT2D eigenvalue weighted by Crippen LogP contribution is -2.05. The molecular formula is C15H16O2. The van der Waals surface area contributed by atoms with Gasteiger partial charge in [-0.05, 0) is 35.7 Å². The fourth-order valence-electron chi connectivity index (χ4n) is 2.07. The summed E-state index contributed by atoms with van der Waals surface area (Å²) in [6.07, 6.45) is 0.339. The van der Waals surface area contributed by atoms with E-state index in [9.17, 15) is 4.79 Å². The maximum atomic E-state index is 11.3. The van der Waals surface area contributed by atoms with Gasteiger partial charge in [-0.3, -0.25) is 4.79 Å². The number of hydrogen-bond donors (Lipinski definition) is 0. The van der Waals surface area contributed by atoms with Crippen LogP contribution >= 0.6 is 0 Å². The van der Waals surface area contributed by atoms with Crippen molar-refractivity contribution in [3.05, 3.63) is 47.0 Å². The minimum atomic E-state index is -0.195. The summed E-state index contributed by atoms with van der Waals surface area (Å²) in [5.74, 6) is -0.195. The fourth-order valence-corrected chi connectivity index (χ4v) is 2.07. The summed E-state index contributed by atoms with van der Waals surface area (Å²) in [6, 6.07) is 10.4. The Bertz CT molecular complexity index is 570. The summed E-state index contributed by atoms with van der Waals surface area (Å²) in [5, 5.41) is 2.42. The quantitative estimate of drug-likeness (QED) is 0.738. The Morgan fingerprint density at radius 3 is 2.65 bits per heavy atom. The van der Waals surface area contributed by atoms with Gasteiger partial charge in [0.1, 0.15) is 0 Å². The summed E-state index contributed by atoms with van der Waals surface area (Å²) in [7, 11) is 1.42. The third-order valence-electron chi connectivity index (χ3n) is 3.12. The minimum Gasteiger partial charge on any atom is -0.469 e. The summed E-state index contributed by atoms with van der Waals surface area (Å²) in [4.78, 5) is 11.3. The number of esters is 1. The van der Waals surface area contributed by atoms with Crippen molar-refractivity contribution in [2.75, 3.05) is 7.11 Å². The molecule has 0 heterocycles. The van der Waals surface area contributed by atoms with Gasteiger partial charge in [0.2, 0.25) is 0 Å². The summed E-state index contributed by atoms with van der Waals surface area (Å²) < 4.78 is 4.70. The van der Waals surface area contributed by atoms with Gasteiger partial charge in [-0.25, -0.2) is 0 Å². The minimum absolute atomic E-state index is 0.195. The molecular weight excluding hydrogens is 212 g/mol. The van der Waals surface area contributed by atoms with E-state index in [1.807, 2.05) is 6.07 Å². The second-order valence-electron chi connectivity index (χ2n) is 4.33. The van der Waals surface area contributed by atoms with Crippen LogP contribution in [0.4, 0.5) is 0 Å². The van der Waals surface area contributed by atoms with Crippen molar-refractivity contribution < 1.29 is 9.53 Å². The van der Waals surface area contributed by atoms with Gasteiger partial charge in [-0.15, -0.1) is 0 Å². The van der Waals surface area contributed by atoms with Gasteiger partial charge in [0.05, 0.1) is 13.5 Å². The molecule has 2 heteroatoms. The number of rotatable bonds is 2. The van der Waals surface area contributed by atoms with E-state index in [0.717, 1.165) is 11.1 Å². The third-order valence-corrected chi connectivity index (χ3v) is 3.12. The first-order valence-corrected chi connectivity index (χ1v) is 5.67. The Morgan fingerprint density at radius 1 is 1.18 bits per heavy atom. The first-order valence-electron chi connectivity index (χ1n) is 5.67. The lowest BCUT2D eigenvalue weighted by atomic mass is 9.97. The monoisotopic (exact) mass is 228 g/mol. The molecule has 2 rings (SSSR count). The van der Waals surface area contributed by atoms with E-state index in [2.05, 4.69) is 38.1 Å². The molecule has 0 atom stereocenters. The van der Waals surface area contributed by atoms with E-state index in [4.69, 9.17) is 4.74 Å². The summed E-state index contributed by atoms with van der Waals surface area (Å²) >= 11 is 0. The maximum absolute atomic E-state index is 11.3. The third kappa shape index (κ3) is 2.31. The van der Waals surface area contributed by atoms with Crippen molar-refractivity contribution in [3.8, 4) is 0 Å². The number of aryl methyl sites for hydroxylation is 2. The van der Waals surface area contributed by atoms with Crippen LogP contribution in [-0.4, -0.2) is 13.1 Å². The van der Waals surface area contributed by atoms with Crippen molar-refractivity contribution >= 4 is 16.7 Å². The van der Waals surface area contributed by atoms with E-state index in [0.29, 0.717) is 6.42 Å². The highest BCUT2D eigenvalue weighted by molar-refractivity contribution is 5.88. The average molecular weight is 228 g/mol. The van der Waals surface area contributed by atoms with Gasteiger partial charge in [0, 0.05) is 0 Å². The molecule has 0 spiro atoms. The molecule has 0 N–H and O–H groups in total. The SMILES string of the molecule is COC(=O)Cc1ccc2cc(C)ccc2c1C. The molecule has 0 aliphatic carbocycles. The van der Waals surface area contributed by atoms with E-state index in [1.54, 1.807) is 0 Å². The van der Waals surface area contributed by atoms with Crippen molar-refractivity contribution in [1.82, 2.24) is 0 Å². The van der Waals surface area contributed by atoms with Crippen LogP contribution in [0.1, 0.15) is 16.7 Å². The van der Waals surface area contributed by atoms with Crippen molar-refractivity contribution in [3.63, 3.8) is 0 Å². The summed E-state index contributed by atoms with van der Waals surface area (Å²) in [6.45, 7) is 4.13. The number of fused-ring (bicyclic) bond motifs is 1. The van der Waals surface area contributed by atoms with Crippen LogP contribution in [0.15, 0.2) is 30.3 Å². The molecule has 0 unspecified atom stereocenters. The predicted octanol–water partition coefficient (Wildman–Crippen LogP) is 3.17. The molecule has 2 aromatic carbocycles. The average Bonchev–Trinajstić information content (AvgIpc) is 2.32. The van der Waals surface area contributed by atoms with Crippen LogP contribution < -0.4 is 0 Å². The molecule has 0 bridgehead atoms. The molecule has 88 valence electrons. The molecule has 0 saturated carbocycles. The molecule has 0 aliphatic heterocycles. The number of methoxy groups -OCH3 is 1. The van der Waals surface area contributed by atoms with Crippen molar-refractivity contribution in [2.45, 2.75) is 20.3 Å². The Morgan fingerprint density at radius 2 is 1.94 bits per heavy atom. The highest BCUT2D eigenvalue weighted by atomic mass is 16.5. The number of benzene rings is 2. The molecule has 2 aromatic rings. The zero-order chi connectivity index (χ0) is 12.4. The predicted molar refractivity (Wildman–Crippen MR) is 69.1 cm³/mol. The Balaban J connectivity index is 2.50. The van der Waals surface area contributed by atoms with Gasteiger partial charge in [-0.2, -0.15) is 0 Å². The fraction of sp³-hybridized carbons (Fsp3) is 0.267. The van der Waals surface area contributed by atoms with Gasteiger partial charge >= 0.3 is 5.97 Å². The van der Waals surface area contributed by atoms with E-state index < -0.39 is 0 Å². The van der Waals surface area contributed by atoms with Crippen LogP contribution in [0, 0.1) is 13.8 Å². The highest BCUT2D eigenvalue weighted by Gasteiger charge is 2.08. The van der Waals surface area contributed by atoms with Crippen molar-refractivity contribution in [1.29, 1.82) is 0 Å². The second kappa shape index (κ2) is 4.58. The Hall–Kier alpha value is -1.83. The van der Waals surface area contributed by atoms with E-state index >= 15 is 0 Å². The molecule has 2 nitrogen and oxygen atoms in total. The maximum Gasteiger partial charge on any atom is 0.309 e. The molecule has 0 aliphatic rings. The zero-order valence-electron chi connectivity index (χ0n) is 10.4. The van der Waals surface area contributed by atoms with Gasteiger partial charge in [0.15, 0.2) is 0 Å². The van der Waals surface area contributed by atoms with Crippen LogP contribution in [-0.2, 0) is 16.0 Å². The number of carbonyl (C=O) groups excluding carboxylic acids is 1. The smallest absolute Gasteiger partial charge is 0.309 e. The molecule has 0 aromatic heterocycles. The molecule has 0 amide bonds. The zero-order valence-corrected chi connectivity index (χ0v) is 10.4. The van der Waals surface area contributed by atoms with Crippen LogP contribution in [0.3, 0.4) is 0 Å². The van der Waals surface area contributed by atoms with Gasteiger partial charge < -0.3 is 4.74 Å². The van der Waals surface area contributed by atoms with E-state index in [1.165, 1.54) is 23.4 Å². The lowest BCUT2D eigenvalue weighted by molar-refractivity contribution is -0.139. The first-order chi connectivity index (χ1) is 8.11. The Labute approximate surface area is 101 Å². The number of ether oxygens (including phenoxy) is 1. The van der Waals surface area contributed by atoms with Crippen LogP contribution in [0.25, 0.3) is 10.8 Å². The number of carbonyl (C=O) groups is 1. The standard InChI is InChI=1S/C15H16O2/c1-10-4-7-14-11(2)12(9-15(16)17-3)5-6-13(14)8-10/h4-8H,9H2,1-3H3. The topological polar surface area (TPSA) is 26.3 Å². The lowest BCUT2D eigenvalue weighted by Gasteiger charge is -2.09. The molecule has 17 heavy (non-hydrogen) atoms. The molecule has 0 saturated heterocycles. The van der Waals surface area contributed by atoms with Crippen LogP contribution in [0.2, 0.25) is 0 Å². The van der Waals surface area contributed by atoms with Gasteiger partial charge in [-0.1, -0.05) is 35.9 Å². The second-order valence-corrected chi connectivity index (χ2v) is 4.33. The molecule has 0 fully saturated rings. The molecule has 0 radical (unpaired) electrons. The van der Waals surface area contributed by atoms with Crippen LogP contribution in [0.5, 0.6) is 0 Å². The normalized spacial score (nSPS) is 10.5.